The van der Waals surface area contributed by atoms with Crippen molar-refractivity contribution >= 4 is 27.4 Å². The van der Waals surface area contributed by atoms with Crippen molar-refractivity contribution in [3.63, 3.8) is 0 Å². The van der Waals surface area contributed by atoms with Crippen molar-refractivity contribution in [3.8, 4) is 0 Å². The topological polar surface area (TPSA) is 33.4 Å². The zero-order valence-electron chi connectivity index (χ0n) is 11.7. The highest BCUT2D eigenvalue weighted by Crippen LogP contribution is 2.48. The summed E-state index contributed by atoms with van der Waals surface area (Å²) in [4.78, 5) is 11.4. The normalized spacial score (nSPS) is 28.4. The largest absolute Gasteiger partial charge is 0.356 e. The van der Waals surface area contributed by atoms with E-state index in [1.807, 2.05) is 23.0 Å². The molecule has 106 valence electrons. The first-order valence-electron chi connectivity index (χ1n) is 7.41. The number of nitrogens with zero attached hydrogens (tertiary/aromatic N) is 4. The van der Waals surface area contributed by atoms with Crippen LogP contribution >= 0.6 is 15.9 Å². The van der Waals surface area contributed by atoms with Crippen molar-refractivity contribution in [1.29, 1.82) is 0 Å². The van der Waals surface area contributed by atoms with E-state index in [2.05, 4.69) is 37.8 Å². The van der Waals surface area contributed by atoms with E-state index in [-0.39, 0.29) is 0 Å². The van der Waals surface area contributed by atoms with E-state index in [0.717, 1.165) is 40.4 Å². The lowest BCUT2D eigenvalue weighted by Gasteiger charge is -2.28. The predicted octanol–water partition coefficient (Wildman–Crippen LogP) is 3.36. The summed E-state index contributed by atoms with van der Waals surface area (Å²) >= 11 is 3.50. The number of hydrogen-bond donors (Lipinski definition) is 0. The Morgan fingerprint density at radius 3 is 3.05 bits per heavy atom. The molecule has 3 atom stereocenters. The van der Waals surface area contributed by atoms with E-state index >= 15 is 0 Å². The summed E-state index contributed by atoms with van der Waals surface area (Å²) in [6, 6.07) is 0. The summed E-state index contributed by atoms with van der Waals surface area (Å²) in [5, 5.41) is 0. The van der Waals surface area contributed by atoms with Crippen LogP contribution in [0.25, 0.3) is 5.65 Å². The van der Waals surface area contributed by atoms with Crippen molar-refractivity contribution in [2.24, 2.45) is 17.8 Å². The fraction of sp³-hybridized carbons (Fsp3) is 0.600. The molecule has 4 nitrogen and oxygen atoms in total. The third-order valence-corrected chi connectivity index (χ3v) is 5.46. The van der Waals surface area contributed by atoms with Crippen LogP contribution in [-0.4, -0.2) is 28.0 Å². The first-order chi connectivity index (χ1) is 9.70. The molecule has 2 aliphatic carbocycles. The van der Waals surface area contributed by atoms with Gasteiger partial charge < -0.3 is 9.30 Å². The number of hydrogen-bond acceptors (Lipinski definition) is 3. The molecular weight excluding hydrogens is 316 g/mol. The molecule has 2 heterocycles. The Morgan fingerprint density at radius 2 is 2.30 bits per heavy atom. The molecule has 0 spiro atoms. The molecule has 4 rings (SSSR count). The fourth-order valence-electron chi connectivity index (χ4n) is 4.18. The van der Waals surface area contributed by atoms with E-state index in [1.54, 1.807) is 0 Å². The minimum atomic E-state index is 0.842. The molecule has 2 fully saturated rings. The lowest BCUT2D eigenvalue weighted by Crippen LogP contribution is -2.29. The first kappa shape index (κ1) is 12.6. The fourth-order valence-corrected chi connectivity index (χ4v) is 4.57. The van der Waals surface area contributed by atoms with Crippen molar-refractivity contribution in [1.82, 2.24) is 14.4 Å². The molecule has 2 aromatic rings. The Bertz CT molecular complexity index is 638. The van der Waals surface area contributed by atoms with Gasteiger partial charge in [0.25, 0.3) is 0 Å². The lowest BCUT2D eigenvalue weighted by atomic mass is 9.88. The molecule has 2 saturated carbocycles. The summed E-state index contributed by atoms with van der Waals surface area (Å²) in [6.07, 6.45) is 11.5. The summed E-state index contributed by atoms with van der Waals surface area (Å²) in [6.45, 7) is 1.10. The Kier molecular flexibility index (Phi) is 2.98. The second kappa shape index (κ2) is 4.72. The molecule has 3 unspecified atom stereocenters. The Labute approximate surface area is 127 Å². The van der Waals surface area contributed by atoms with E-state index in [4.69, 9.17) is 0 Å². The molecule has 0 aliphatic heterocycles. The van der Waals surface area contributed by atoms with Crippen LogP contribution in [0.3, 0.4) is 0 Å². The number of imidazole rings is 1. The summed E-state index contributed by atoms with van der Waals surface area (Å²) in [5.41, 5.74) is 0.943. The minimum absolute atomic E-state index is 0.842. The number of rotatable bonds is 3. The van der Waals surface area contributed by atoms with Gasteiger partial charge in [-0.25, -0.2) is 9.97 Å². The van der Waals surface area contributed by atoms with Gasteiger partial charge in [-0.3, -0.25) is 0 Å². The second-order valence-corrected chi connectivity index (χ2v) is 7.17. The van der Waals surface area contributed by atoms with Gasteiger partial charge in [-0.1, -0.05) is 6.42 Å². The van der Waals surface area contributed by atoms with Gasteiger partial charge >= 0.3 is 0 Å². The van der Waals surface area contributed by atoms with Crippen molar-refractivity contribution in [3.05, 3.63) is 23.2 Å². The van der Waals surface area contributed by atoms with Gasteiger partial charge in [-0.05, 0) is 52.9 Å². The van der Waals surface area contributed by atoms with Crippen molar-refractivity contribution in [2.45, 2.75) is 25.7 Å². The Hall–Kier alpha value is -1.10. The molecule has 0 N–H and O–H groups in total. The standard InChI is InChI=1S/C15H19BrN4/c1-19(8-12-7-10-2-3-11(12)6-10)15-14-17-4-5-20(14)9-13(16)18-15/h4-5,9-12H,2-3,6-8H2,1H3. The molecule has 0 saturated heterocycles. The van der Waals surface area contributed by atoms with Crippen LogP contribution in [0.4, 0.5) is 5.82 Å². The number of halogens is 1. The van der Waals surface area contributed by atoms with Crippen LogP contribution in [0.5, 0.6) is 0 Å². The number of anilines is 1. The Morgan fingerprint density at radius 1 is 1.40 bits per heavy atom. The van der Waals surface area contributed by atoms with Gasteiger partial charge in [0.15, 0.2) is 11.5 Å². The maximum atomic E-state index is 4.64. The van der Waals surface area contributed by atoms with Gasteiger partial charge in [0, 0.05) is 32.2 Å². The van der Waals surface area contributed by atoms with E-state index in [1.165, 1.54) is 25.7 Å². The van der Waals surface area contributed by atoms with Crippen LogP contribution in [0.15, 0.2) is 23.2 Å². The van der Waals surface area contributed by atoms with Gasteiger partial charge in [0.1, 0.15) is 4.60 Å². The smallest absolute Gasteiger partial charge is 0.180 e. The summed E-state index contributed by atoms with van der Waals surface area (Å²) in [7, 11) is 2.15. The van der Waals surface area contributed by atoms with Gasteiger partial charge in [-0.2, -0.15) is 0 Å². The van der Waals surface area contributed by atoms with Crippen LogP contribution in [0.2, 0.25) is 0 Å². The van der Waals surface area contributed by atoms with Crippen LogP contribution in [-0.2, 0) is 0 Å². The van der Waals surface area contributed by atoms with E-state index in [9.17, 15) is 0 Å². The van der Waals surface area contributed by atoms with Crippen LogP contribution < -0.4 is 4.90 Å². The molecular formula is C15H19BrN4. The van der Waals surface area contributed by atoms with Crippen molar-refractivity contribution in [2.75, 3.05) is 18.5 Å². The summed E-state index contributed by atoms with van der Waals surface area (Å²) in [5.74, 6) is 3.77. The molecule has 2 bridgehead atoms. The van der Waals surface area contributed by atoms with Crippen molar-refractivity contribution < 1.29 is 0 Å². The highest BCUT2D eigenvalue weighted by molar-refractivity contribution is 9.10. The molecule has 0 amide bonds. The summed E-state index contributed by atoms with van der Waals surface area (Å²) < 4.78 is 2.89. The van der Waals surface area contributed by atoms with Crippen LogP contribution in [0.1, 0.15) is 25.7 Å². The lowest BCUT2D eigenvalue weighted by molar-refractivity contribution is 0.337. The average molecular weight is 335 g/mol. The molecule has 2 aliphatic rings. The molecule has 5 heteroatoms. The van der Waals surface area contributed by atoms with E-state index < -0.39 is 0 Å². The van der Waals surface area contributed by atoms with E-state index in [0.29, 0.717) is 0 Å². The third-order valence-electron chi connectivity index (χ3n) is 5.08. The predicted molar refractivity (Wildman–Crippen MR) is 82.9 cm³/mol. The Balaban J connectivity index is 1.60. The third kappa shape index (κ3) is 2.03. The SMILES string of the molecule is CN(CC1CC2CCC1C2)c1nc(Br)cn2ccnc12. The quantitative estimate of drug-likeness (QED) is 0.862. The molecule has 0 radical (unpaired) electrons. The van der Waals surface area contributed by atoms with Gasteiger partial charge in [0.05, 0.1) is 0 Å². The highest BCUT2D eigenvalue weighted by atomic mass is 79.9. The number of fused-ring (bicyclic) bond motifs is 3. The molecule has 2 aromatic heterocycles. The zero-order valence-corrected chi connectivity index (χ0v) is 13.3. The van der Waals surface area contributed by atoms with Gasteiger partial charge in [0.2, 0.25) is 0 Å². The van der Waals surface area contributed by atoms with Gasteiger partial charge in [-0.15, -0.1) is 0 Å². The molecule has 20 heavy (non-hydrogen) atoms. The van der Waals surface area contributed by atoms with Crippen LogP contribution in [0, 0.1) is 17.8 Å². The average Bonchev–Trinajstić information content (AvgIpc) is 3.12. The number of aromatic nitrogens is 3. The molecule has 0 aromatic carbocycles. The first-order valence-corrected chi connectivity index (χ1v) is 8.20. The monoisotopic (exact) mass is 334 g/mol. The highest BCUT2D eigenvalue weighted by Gasteiger charge is 2.39. The second-order valence-electron chi connectivity index (χ2n) is 6.36. The minimum Gasteiger partial charge on any atom is -0.356 e. The zero-order chi connectivity index (χ0) is 13.7. The maximum absolute atomic E-state index is 4.64. The maximum Gasteiger partial charge on any atom is 0.180 e.